The van der Waals surface area contributed by atoms with Crippen molar-refractivity contribution in [1.82, 2.24) is 0 Å². The number of hydrogen-bond acceptors (Lipinski definition) is 4. The molecule has 3 N–H and O–H groups in total. The molecule has 1 amide bonds. The van der Waals surface area contributed by atoms with E-state index in [2.05, 4.69) is 17.2 Å². The van der Waals surface area contributed by atoms with Gasteiger partial charge in [-0.2, -0.15) is 0 Å². The van der Waals surface area contributed by atoms with E-state index in [1.165, 1.54) is 11.3 Å². The molecule has 0 aliphatic carbocycles. The van der Waals surface area contributed by atoms with Crippen molar-refractivity contribution in [1.29, 1.82) is 0 Å². The number of benzene rings is 1. The zero-order valence-corrected chi connectivity index (χ0v) is 12.6. The van der Waals surface area contributed by atoms with Crippen LogP contribution in [-0.2, 0) is 0 Å². The van der Waals surface area contributed by atoms with Crippen molar-refractivity contribution in [3.8, 4) is 11.8 Å². The average molecular weight is 302 g/mol. The fraction of sp³-hybridized carbons (Fsp3) is 0.133. The van der Waals surface area contributed by atoms with Crippen LogP contribution in [0.1, 0.15) is 15.2 Å². The first-order chi connectivity index (χ1) is 9.74. The third-order valence-corrected chi connectivity index (χ3v) is 4.20. The molecule has 0 radical (unpaired) electrons. The van der Waals surface area contributed by atoms with E-state index in [9.17, 15) is 4.79 Å². The van der Waals surface area contributed by atoms with Crippen molar-refractivity contribution in [2.24, 2.45) is 5.73 Å². The maximum atomic E-state index is 12.2. The second kappa shape index (κ2) is 7.15. The first-order valence-corrected chi connectivity index (χ1v) is 8.07. The van der Waals surface area contributed by atoms with E-state index in [4.69, 9.17) is 5.73 Å². The molecule has 2 rings (SSSR count). The number of anilines is 1. The second-order valence-electron chi connectivity index (χ2n) is 3.85. The molecule has 0 fully saturated rings. The molecule has 102 valence electrons. The van der Waals surface area contributed by atoms with Crippen LogP contribution in [0.5, 0.6) is 0 Å². The molecular weight excluding hydrogens is 288 g/mol. The first kappa shape index (κ1) is 14.7. The SMILES string of the molecule is CSc1ccc(NC(=O)c2sccc2C#CCN)cc1. The van der Waals surface area contributed by atoms with Crippen LogP contribution in [0.4, 0.5) is 5.69 Å². The number of rotatable bonds is 3. The molecule has 0 atom stereocenters. The van der Waals surface area contributed by atoms with Crippen LogP contribution in [0.2, 0.25) is 0 Å². The predicted octanol–water partition coefficient (Wildman–Crippen LogP) is 3.03. The summed E-state index contributed by atoms with van der Waals surface area (Å²) in [6, 6.07) is 9.57. The van der Waals surface area contributed by atoms with Gasteiger partial charge in [0.15, 0.2) is 0 Å². The highest BCUT2D eigenvalue weighted by molar-refractivity contribution is 7.98. The van der Waals surface area contributed by atoms with Gasteiger partial charge in [0.05, 0.1) is 6.54 Å². The van der Waals surface area contributed by atoms with Crippen LogP contribution in [0.25, 0.3) is 0 Å². The van der Waals surface area contributed by atoms with Gasteiger partial charge in [0.25, 0.3) is 5.91 Å². The van der Waals surface area contributed by atoms with E-state index in [-0.39, 0.29) is 12.5 Å². The van der Waals surface area contributed by atoms with Crippen molar-refractivity contribution in [3.63, 3.8) is 0 Å². The van der Waals surface area contributed by atoms with E-state index in [1.807, 2.05) is 42.0 Å². The largest absolute Gasteiger partial charge is 0.321 e. The Balaban J connectivity index is 2.13. The molecule has 0 aliphatic rings. The molecule has 20 heavy (non-hydrogen) atoms. The molecule has 0 bridgehead atoms. The Labute approximate surface area is 126 Å². The smallest absolute Gasteiger partial charge is 0.267 e. The molecule has 1 heterocycles. The number of thioether (sulfide) groups is 1. The summed E-state index contributed by atoms with van der Waals surface area (Å²) in [4.78, 5) is 14.0. The van der Waals surface area contributed by atoms with Crippen LogP contribution in [0, 0.1) is 11.8 Å². The standard InChI is InChI=1S/C15H14N2OS2/c1-19-13-6-4-12(5-7-13)17-15(18)14-11(3-2-9-16)8-10-20-14/h4-8,10H,9,16H2,1H3,(H,17,18). The summed E-state index contributed by atoms with van der Waals surface area (Å²) >= 11 is 3.04. The lowest BCUT2D eigenvalue weighted by molar-refractivity contribution is 0.103. The van der Waals surface area contributed by atoms with Crippen molar-refractivity contribution in [3.05, 3.63) is 46.2 Å². The van der Waals surface area contributed by atoms with Crippen LogP contribution in [0.15, 0.2) is 40.6 Å². The Kier molecular flexibility index (Phi) is 5.24. The van der Waals surface area contributed by atoms with Crippen LogP contribution in [0.3, 0.4) is 0 Å². The predicted molar refractivity (Wildman–Crippen MR) is 86.4 cm³/mol. The molecule has 5 heteroatoms. The normalized spacial score (nSPS) is 9.70. The number of nitrogens with one attached hydrogen (secondary N) is 1. The van der Waals surface area contributed by atoms with Gasteiger partial charge in [-0.3, -0.25) is 4.79 Å². The van der Waals surface area contributed by atoms with Gasteiger partial charge in [0, 0.05) is 16.1 Å². The molecule has 0 saturated carbocycles. The fourth-order valence-corrected chi connectivity index (χ4v) is 2.74. The summed E-state index contributed by atoms with van der Waals surface area (Å²) in [5.74, 6) is 5.54. The summed E-state index contributed by atoms with van der Waals surface area (Å²) in [6.45, 7) is 0.285. The van der Waals surface area contributed by atoms with Gasteiger partial charge < -0.3 is 11.1 Å². The molecule has 2 aromatic rings. The number of hydrogen-bond donors (Lipinski definition) is 2. The number of carbonyl (C=O) groups is 1. The number of nitrogens with two attached hydrogens (primary N) is 1. The van der Waals surface area contributed by atoms with Gasteiger partial charge >= 0.3 is 0 Å². The highest BCUT2D eigenvalue weighted by Gasteiger charge is 2.12. The maximum absolute atomic E-state index is 12.2. The van der Waals surface area contributed by atoms with Gasteiger partial charge in [-0.25, -0.2) is 0 Å². The Morgan fingerprint density at radius 2 is 2.10 bits per heavy atom. The number of carbonyl (C=O) groups excluding carboxylic acids is 1. The van der Waals surface area contributed by atoms with E-state index < -0.39 is 0 Å². The van der Waals surface area contributed by atoms with Gasteiger partial charge in [-0.05, 0) is 42.0 Å². The van der Waals surface area contributed by atoms with Crippen LogP contribution in [-0.4, -0.2) is 18.7 Å². The minimum atomic E-state index is -0.141. The van der Waals surface area contributed by atoms with Crippen LogP contribution >= 0.6 is 23.1 Å². The molecule has 0 saturated heterocycles. The van der Waals surface area contributed by atoms with Crippen LogP contribution < -0.4 is 11.1 Å². The zero-order valence-electron chi connectivity index (χ0n) is 11.0. The van der Waals surface area contributed by atoms with Crippen molar-refractivity contribution >= 4 is 34.7 Å². The first-order valence-electron chi connectivity index (χ1n) is 5.96. The summed E-state index contributed by atoms with van der Waals surface area (Å²) in [5.41, 5.74) is 6.85. The molecule has 0 aliphatic heterocycles. The monoisotopic (exact) mass is 302 g/mol. The molecule has 3 nitrogen and oxygen atoms in total. The van der Waals surface area contributed by atoms with Crippen molar-refractivity contribution in [2.75, 3.05) is 18.1 Å². The van der Waals surface area contributed by atoms with E-state index in [1.54, 1.807) is 11.8 Å². The lowest BCUT2D eigenvalue weighted by Gasteiger charge is -2.05. The van der Waals surface area contributed by atoms with E-state index >= 15 is 0 Å². The summed E-state index contributed by atoms with van der Waals surface area (Å²) < 4.78 is 0. The lowest BCUT2D eigenvalue weighted by atomic mass is 10.2. The molecule has 0 unspecified atom stereocenters. The second-order valence-corrected chi connectivity index (χ2v) is 5.65. The molecule has 0 spiro atoms. The number of thiophene rings is 1. The van der Waals surface area contributed by atoms with Gasteiger partial charge in [-0.15, -0.1) is 23.1 Å². The minimum Gasteiger partial charge on any atom is -0.321 e. The molecule has 1 aromatic heterocycles. The molecular formula is C15H14N2OS2. The third kappa shape index (κ3) is 3.64. The highest BCUT2D eigenvalue weighted by Crippen LogP contribution is 2.20. The summed E-state index contributed by atoms with van der Waals surface area (Å²) in [7, 11) is 0. The van der Waals surface area contributed by atoms with Gasteiger partial charge in [0.1, 0.15) is 4.88 Å². The van der Waals surface area contributed by atoms with E-state index in [0.717, 1.165) is 16.1 Å². The lowest BCUT2D eigenvalue weighted by Crippen LogP contribution is -2.11. The Morgan fingerprint density at radius 3 is 2.75 bits per heavy atom. The van der Waals surface area contributed by atoms with Crippen molar-refractivity contribution in [2.45, 2.75) is 4.90 Å². The fourth-order valence-electron chi connectivity index (χ4n) is 1.59. The quantitative estimate of drug-likeness (QED) is 0.677. The summed E-state index contributed by atoms with van der Waals surface area (Å²) in [5, 5.41) is 4.73. The molecule has 1 aromatic carbocycles. The van der Waals surface area contributed by atoms with Gasteiger partial charge in [-0.1, -0.05) is 11.8 Å². The minimum absolute atomic E-state index is 0.141. The maximum Gasteiger partial charge on any atom is 0.267 e. The third-order valence-electron chi connectivity index (χ3n) is 2.54. The highest BCUT2D eigenvalue weighted by atomic mass is 32.2. The van der Waals surface area contributed by atoms with Crippen molar-refractivity contribution < 1.29 is 4.79 Å². The average Bonchev–Trinajstić information content (AvgIpc) is 2.94. The Hall–Kier alpha value is -1.74. The van der Waals surface area contributed by atoms with E-state index in [0.29, 0.717) is 4.88 Å². The number of amides is 1. The topological polar surface area (TPSA) is 55.1 Å². The van der Waals surface area contributed by atoms with Gasteiger partial charge in [0.2, 0.25) is 0 Å². The Bertz CT molecular complexity index is 651. The zero-order chi connectivity index (χ0) is 14.4. The summed E-state index contributed by atoms with van der Waals surface area (Å²) in [6.07, 6.45) is 2.02. The Morgan fingerprint density at radius 1 is 1.35 bits per heavy atom.